The number of anilines is 1. The van der Waals surface area contributed by atoms with Gasteiger partial charge in [-0.1, -0.05) is 6.92 Å². The molecule has 0 aliphatic carbocycles. The standard InChI is InChI=1S/C17H19N3O4S/c1-3-15(21)24-14-7-5-12(6-8-14)10-18-20-17-19-13(11-25-17)9-16(22)23-4-2/h5-8,10-11H,3-4,9H2,1-2H3,(H,19,20). The Bertz CT molecular complexity index is 741. The minimum Gasteiger partial charge on any atom is -0.466 e. The van der Waals surface area contributed by atoms with Crippen molar-refractivity contribution in [1.29, 1.82) is 0 Å². The minimum atomic E-state index is -0.299. The van der Waals surface area contributed by atoms with Crippen LogP contribution in [0.25, 0.3) is 0 Å². The number of carbonyl (C=O) groups is 2. The van der Waals surface area contributed by atoms with Gasteiger partial charge in [-0.3, -0.25) is 15.0 Å². The summed E-state index contributed by atoms with van der Waals surface area (Å²) >= 11 is 1.36. The van der Waals surface area contributed by atoms with E-state index in [-0.39, 0.29) is 18.4 Å². The summed E-state index contributed by atoms with van der Waals surface area (Å²) < 4.78 is 9.98. The summed E-state index contributed by atoms with van der Waals surface area (Å²) in [5.74, 6) is -0.0716. The number of benzene rings is 1. The molecule has 1 aromatic heterocycles. The lowest BCUT2D eigenvalue weighted by molar-refractivity contribution is -0.142. The minimum absolute atomic E-state index is 0.147. The zero-order valence-electron chi connectivity index (χ0n) is 14.0. The lowest BCUT2D eigenvalue weighted by atomic mass is 10.2. The van der Waals surface area contributed by atoms with Gasteiger partial charge in [-0.15, -0.1) is 11.3 Å². The third-order valence-corrected chi connectivity index (χ3v) is 3.75. The van der Waals surface area contributed by atoms with Gasteiger partial charge in [-0.2, -0.15) is 5.10 Å². The van der Waals surface area contributed by atoms with Crippen LogP contribution in [0, 0.1) is 0 Å². The molecule has 25 heavy (non-hydrogen) atoms. The van der Waals surface area contributed by atoms with Gasteiger partial charge in [0.15, 0.2) is 0 Å². The summed E-state index contributed by atoms with van der Waals surface area (Å²) in [6.07, 6.45) is 2.10. The molecule has 132 valence electrons. The van der Waals surface area contributed by atoms with Crippen molar-refractivity contribution in [3.05, 3.63) is 40.9 Å². The first kappa shape index (κ1) is 18.6. The van der Waals surface area contributed by atoms with Gasteiger partial charge in [-0.25, -0.2) is 4.98 Å². The van der Waals surface area contributed by atoms with Crippen LogP contribution < -0.4 is 10.2 Å². The molecule has 2 rings (SSSR count). The van der Waals surface area contributed by atoms with Crippen molar-refractivity contribution in [3.63, 3.8) is 0 Å². The van der Waals surface area contributed by atoms with Crippen LogP contribution in [0.2, 0.25) is 0 Å². The molecule has 0 aliphatic heterocycles. The van der Waals surface area contributed by atoms with E-state index in [0.29, 0.717) is 29.6 Å². The molecule has 0 saturated carbocycles. The van der Waals surface area contributed by atoms with E-state index >= 15 is 0 Å². The second-order valence-corrected chi connectivity index (χ2v) is 5.75. The second kappa shape index (κ2) is 9.53. The smallest absolute Gasteiger partial charge is 0.311 e. The molecule has 0 radical (unpaired) electrons. The summed E-state index contributed by atoms with van der Waals surface area (Å²) in [6.45, 7) is 3.86. The highest BCUT2D eigenvalue weighted by Crippen LogP contribution is 2.16. The molecule has 0 unspecified atom stereocenters. The van der Waals surface area contributed by atoms with Crippen LogP contribution in [0.4, 0.5) is 5.13 Å². The second-order valence-electron chi connectivity index (χ2n) is 4.89. The number of hydrazone groups is 1. The average molecular weight is 361 g/mol. The molecule has 0 saturated heterocycles. The van der Waals surface area contributed by atoms with E-state index in [4.69, 9.17) is 9.47 Å². The predicted octanol–water partition coefficient (Wildman–Crippen LogP) is 3.01. The number of rotatable bonds is 8. The van der Waals surface area contributed by atoms with Gasteiger partial charge in [0.2, 0.25) is 5.13 Å². The number of nitrogens with one attached hydrogen (secondary N) is 1. The van der Waals surface area contributed by atoms with Crippen molar-refractivity contribution < 1.29 is 19.1 Å². The molecule has 2 aromatic rings. The molecule has 8 heteroatoms. The molecule has 1 heterocycles. The highest BCUT2D eigenvalue weighted by Gasteiger charge is 2.07. The number of hydrogen-bond donors (Lipinski definition) is 1. The maximum Gasteiger partial charge on any atom is 0.311 e. The van der Waals surface area contributed by atoms with E-state index in [2.05, 4.69) is 15.5 Å². The quantitative estimate of drug-likeness (QED) is 0.336. The Morgan fingerprint density at radius 3 is 2.68 bits per heavy atom. The predicted molar refractivity (Wildman–Crippen MR) is 96.0 cm³/mol. The van der Waals surface area contributed by atoms with Gasteiger partial charge in [0.05, 0.1) is 24.9 Å². The summed E-state index contributed by atoms with van der Waals surface area (Å²) in [5, 5.41) is 6.47. The zero-order valence-corrected chi connectivity index (χ0v) is 14.8. The highest BCUT2D eigenvalue weighted by molar-refractivity contribution is 7.13. The van der Waals surface area contributed by atoms with E-state index in [9.17, 15) is 9.59 Å². The molecule has 7 nitrogen and oxygen atoms in total. The number of thiazole rings is 1. The Morgan fingerprint density at radius 2 is 2.00 bits per heavy atom. The topological polar surface area (TPSA) is 89.9 Å². The summed E-state index contributed by atoms with van der Waals surface area (Å²) in [7, 11) is 0. The van der Waals surface area contributed by atoms with Crippen LogP contribution in [0.5, 0.6) is 5.75 Å². The van der Waals surface area contributed by atoms with Crippen molar-refractivity contribution in [2.75, 3.05) is 12.0 Å². The monoisotopic (exact) mass is 361 g/mol. The van der Waals surface area contributed by atoms with Crippen LogP contribution in [0.1, 0.15) is 31.5 Å². The SMILES string of the molecule is CCOC(=O)Cc1csc(NN=Cc2ccc(OC(=O)CC)cc2)n1. The number of hydrogen-bond acceptors (Lipinski definition) is 8. The van der Waals surface area contributed by atoms with Crippen molar-refractivity contribution >= 4 is 34.6 Å². The largest absolute Gasteiger partial charge is 0.466 e. The molecular formula is C17H19N3O4S. The van der Waals surface area contributed by atoms with E-state index in [0.717, 1.165) is 5.56 Å². The normalized spacial score (nSPS) is 10.6. The van der Waals surface area contributed by atoms with Crippen molar-refractivity contribution in [3.8, 4) is 5.75 Å². The van der Waals surface area contributed by atoms with E-state index < -0.39 is 0 Å². The van der Waals surface area contributed by atoms with E-state index in [1.54, 1.807) is 49.7 Å². The fourth-order valence-corrected chi connectivity index (χ4v) is 2.45. The molecule has 0 spiro atoms. The van der Waals surface area contributed by atoms with Gasteiger partial charge in [0.1, 0.15) is 5.75 Å². The van der Waals surface area contributed by atoms with Crippen molar-refractivity contribution in [2.24, 2.45) is 5.10 Å². The van der Waals surface area contributed by atoms with Crippen LogP contribution >= 0.6 is 11.3 Å². The first-order valence-corrected chi connectivity index (χ1v) is 8.68. The summed E-state index contributed by atoms with van der Waals surface area (Å²) in [4.78, 5) is 26.9. The van der Waals surface area contributed by atoms with Crippen molar-refractivity contribution in [2.45, 2.75) is 26.7 Å². The van der Waals surface area contributed by atoms with Crippen molar-refractivity contribution in [1.82, 2.24) is 4.98 Å². The number of ether oxygens (including phenoxy) is 2. The van der Waals surface area contributed by atoms with Gasteiger partial charge in [0.25, 0.3) is 0 Å². The fourth-order valence-electron chi connectivity index (χ4n) is 1.79. The Kier molecular flexibility index (Phi) is 7.09. The highest BCUT2D eigenvalue weighted by atomic mass is 32.1. The number of carbonyl (C=O) groups excluding carboxylic acids is 2. The Balaban J connectivity index is 1.85. The molecule has 1 N–H and O–H groups in total. The van der Waals surface area contributed by atoms with Gasteiger partial charge < -0.3 is 9.47 Å². The molecule has 0 aliphatic rings. The zero-order chi connectivity index (χ0) is 18.1. The maximum atomic E-state index is 11.4. The fraction of sp³-hybridized carbons (Fsp3) is 0.294. The maximum absolute atomic E-state index is 11.4. The Morgan fingerprint density at radius 1 is 1.24 bits per heavy atom. The molecule has 0 amide bonds. The number of esters is 2. The number of aromatic nitrogens is 1. The van der Waals surface area contributed by atoms with Crippen LogP contribution in [-0.4, -0.2) is 29.7 Å². The average Bonchev–Trinajstić information content (AvgIpc) is 3.03. The third kappa shape index (κ3) is 6.34. The van der Waals surface area contributed by atoms with Crippen LogP contribution in [0.3, 0.4) is 0 Å². The van der Waals surface area contributed by atoms with Gasteiger partial charge in [-0.05, 0) is 36.8 Å². The molecule has 0 bridgehead atoms. The lowest BCUT2D eigenvalue weighted by Gasteiger charge is -2.02. The Labute approximate surface area is 149 Å². The molecule has 0 atom stereocenters. The van der Waals surface area contributed by atoms with E-state index in [1.807, 2.05) is 0 Å². The van der Waals surface area contributed by atoms with Gasteiger partial charge >= 0.3 is 11.9 Å². The first-order valence-electron chi connectivity index (χ1n) is 7.80. The first-order chi connectivity index (χ1) is 12.1. The Hall–Kier alpha value is -2.74. The van der Waals surface area contributed by atoms with E-state index in [1.165, 1.54) is 11.3 Å². The van der Waals surface area contributed by atoms with Gasteiger partial charge in [0, 0.05) is 11.8 Å². The lowest BCUT2D eigenvalue weighted by Crippen LogP contribution is -2.07. The molecular weight excluding hydrogens is 342 g/mol. The van der Waals surface area contributed by atoms with Crippen LogP contribution in [0.15, 0.2) is 34.7 Å². The molecule has 1 aromatic carbocycles. The summed E-state index contributed by atoms with van der Waals surface area (Å²) in [6, 6.07) is 6.99. The molecule has 0 fully saturated rings. The number of nitrogens with zero attached hydrogens (tertiary/aromatic N) is 2. The third-order valence-electron chi connectivity index (χ3n) is 2.96. The summed E-state index contributed by atoms with van der Waals surface area (Å²) in [5.41, 5.74) is 4.30. The van der Waals surface area contributed by atoms with Crippen LogP contribution in [-0.2, 0) is 20.7 Å².